The minimum Gasteiger partial charge on any atom is -0.345 e. The Labute approximate surface area is 232 Å². The van der Waals surface area contributed by atoms with E-state index in [0.29, 0.717) is 19.5 Å². The lowest BCUT2D eigenvalue weighted by Gasteiger charge is -2.32. The predicted molar refractivity (Wildman–Crippen MR) is 149 cm³/mol. The van der Waals surface area contributed by atoms with Crippen molar-refractivity contribution in [1.82, 2.24) is 25.2 Å². The molecule has 216 valence electrons. The van der Waals surface area contributed by atoms with Gasteiger partial charge in [-0.2, -0.15) is 4.31 Å². The zero-order valence-electron chi connectivity index (χ0n) is 23.3. The summed E-state index contributed by atoms with van der Waals surface area (Å²) in [6, 6.07) is 7.69. The van der Waals surface area contributed by atoms with Crippen LogP contribution in [0, 0.1) is 11.8 Å². The number of nitrogens with zero attached hydrogens (tertiary/aromatic N) is 2. The number of hydrogen-bond acceptors (Lipinski definition) is 7. The highest BCUT2D eigenvalue weighted by Gasteiger charge is 2.52. The Morgan fingerprint density at radius 3 is 2.46 bits per heavy atom. The molecule has 2 aliphatic heterocycles. The van der Waals surface area contributed by atoms with Crippen molar-refractivity contribution in [2.75, 3.05) is 32.9 Å². The first-order chi connectivity index (χ1) is 18.6. The van der Waals surface area contributed by atoms with Crippen LogP contribution in [0.15, 0.2) is 30.3 Å². The number of carbonyl (C=O) groups is 3. The van der Waals surface area contributed by atoms with Crippen molar-refractivity contribution >= 4 is 27.6 Å². The molecule has 3 fully saturated rings. The lowest BCUT2D eigenvalue weighted by molar-refractivity contribution is -0.135. The fourth-order valence-electron chi connectivity index (χ4n) is 6.36. The second-order valence-corrected chi connectivity index (χ2v) is 13.2. The van der Waals surface area contributed by atoms with Crippen LogP contribution < -0.4 is 16.0 Å². The molecule has 10 nitrogen and oxygen atoms in total. The van der Waals surface area contributed by atoms with E-state index >= 15 is 0 Å². The maximum atomic E-state index is 13.7. The van der Waals surface area contributed by atoms with Gasteiger partial charge in [0.1, 0.15) is 5.75 Å². The Balaban J connectivity index is 1.47. The van der Waals surface area contributed by atoms with Crippen LogP contribution in [0.5, 0.6) is 0 Å². The maximum absolute atomic E-state index is 13.7. The first kappa shape index (κ1) is 29.6. The van der Waals surface area contributed by atoms with Gasteiger partial charge in [0.15, 0.2) is 5.78 Å². The van der Waals surface area contributed by atoms with Crippen molar-refractivity contribution in [3.63, 3.8) is 0 Å². The Hall–Kier alpha value is -2.34. The van der Waals surface area contributed by atoms with Crippen LogP contribution in [-0.4, -0.2) is 92.3 Å². The molecule has 39 heavy (non-hydrogen) atoms. The Morgan fingerprint density at radius 2 is 1.79 bits per heavy atom. The van der Waals surface area contributed by atoms with Gasteiger partial charge in [-0.15, -0.1) is 0 Å². The molecule has 1 aliphatic carbocycles. The van der Waals surface area contributed by atoms with Gasteiger partial charge in [-0.1, -0.05) is 49.6 Å². The number of sulfonamides is 1. The van der Waals surface area contributed by atoms with Gasteiger partial charge in [0.2, 0.25) is 21.8 Å². The van der Waals surface area contributed by atoms with Crippen LogP contribution in [-0.2, 0) is 31.0 Å². The van der Waals surface area contributed by atoms with Crippen LogP contribution in [0.25, 0.3) is 0 Å². The third-order valence-electron chi connectivity index (χ3n) is 8.65. The van der Waals surface area contributed by atoms with Gasteiger partial charge in [-0.25, -0.2) is 8.42 Å². The Kier molecular flexibility index (Phi) is 9.79. The molecule has 3 aliphatic rings. The second-order valence-electron chi connectivity index (χ2n) is 11.3. The summed E-state index contributed by atoms with van der Waals surface area (Å²) in [5.74, 6) is -2.17. The van der Waals surface area contributed by atoms with Crippen molar-refractivity contribution in [2.45, 2.75) is 76.2 Å². The summed E-state index contributed by atoms with van der Waals surface area (Å²) < 4.78 is 28.8. The van der Waals surface area contributed by atoms with Gasteiger partial charge in [-0.3, -0.25) is 14.4 Å². The lowest BCUT2D eigenvalue weighted by Crippen LogP contribution is -2.54. The minimum atomic E-state index is -4.00. The zero-order valence-corrected chi connectivity index (χ0v) is 24.1. The monoisotopic (exact) mass is 561 g/mol. The number of likely N-dealkylation sites (N-methyl/N-ethyl adjacent to an activating group) is 1. The third kappa shape index (κ3) is 6.87. The summed E-state index contributed by atoms with van der Waals surface area (Å²) in [4.78, 5) is 41.3. The number of amides is 2. The number of rotatable bonds is 11. The number of nitrogens with one attached hydrogen (secondary N) is 3. The van der Waals surface area contributed by atoms with Crippen molar-refractivity contribution in [3.05, 3.63) is 35.9 Å². The molecule has 1 aromatic carbocycles. The summed E-state index contributed by atoms with van der Waals surface area (Å²) in [6.45, 7) is 2.81. The van der Waals surface area contributed by atoms with Gasteiger partial charge < -0.3 is 20.9 Å². The van der Waals surface area contributed by atoms with E-state index in [1.54, 1.807) is 25.9 Å². The summed E-state index contributed by atoms with van der Waals surface area (Å²) in [5, 5.41) is 9.07. The molecular weight excluding hydrogens is 518 g/mol. The molecule has 5 unspecified atom stereocenters. The van der Waals surface area contributed by atoms with E-state index in [9.17, 15) is 22.8 Å². The molecule has 2 saturated heterocycles. The summed E-state index contributed by atoms with van der Waals surface area (Å²) >= 11 is 0. The number of Topliss-reactive ketones (excluding diaryl/α,β-unsaturated/α-hetero) is 1. The number of benzene rings is 1. The molecule has 1 saturated carbocycles. The van der Waals surface area contributed by atoms with Gasteiger partial charge in [0, 0.05) is 32.7 Å². The van der Waals surface area contributed by atoms with Crippen molar-refractivity contribution in [3.8, 4) is 0 Å². The van der Waals surface area contributed by atoms with Crippen LogP contribution >= 0.6 is 0 Å². The van der Waals surface area contributed by atoms with Crippen LogP contribution in [0.3, 0.4) is 0 Å². The van der Waals surface area contributed by atoms with Crippen molar-refractivity contribution < 1.29 is 22.8 Å². The molecule has 1 aromatic rings. The topological polar surface area (TPSA) is 128 Å². The molecule has 2 heterocycles. The molecule has 0 spiro atoms. The molecule has 4 rings (SSSR count). The van der Waals surface area contributed by atoms with Gasteiger partial charge >= 0.3 is 0 Å². The van der Waals surface area contributed by atoms with Crippen LogP contribution in [0.2, 0.25) is 0 Å². The van der Waals surface area contributed by atoms with Gasteiger partial charge in [-0.05, 0) is 44.7 Å². The molecule has 0 bridgehead atoms. The first-order valence-electron chi connectivity index (χ1n) is 14.1. The van der Waals surface area contributed by atoms with Gasteiger partial charge in [0.05, 0.1) is 24.0 Å². The molecule has 11 heteroatoms. The van der Waals surface area contributed by atoms with E-state index < -0.39 is 45.6 Å². The molecule has 0 radical (unpaired) electrons. The van der Waals surface area contributed by atoms with Crippen LogP contribution in [0.4, 0.5) is 0 Å². The van der Waals surface area contributed by atoms with Gasteiger partial charge in [0.25, 0.3) is 0 Å². The molecule has 2 amide bonds. The standard InChI is InChI=1S/C28H43N5O5S/c1-19(29-2)27(35)31-25(21-12-8-5-9-13-21)24(34)18-39(37,38)33-15-14-23-26(33)22(16-30-23)28(36)32(3)17-20-10-6-4-7-11-20/h4,6-7,10-11,19,21-23,25-26,29-30H,5,8-9,12-18H2,1-3H3,(H,31,35). The van der Waals surface area contributed by atoms with Crippen LogP contribution in [0.1, 0.15) is 51.0 Å². The number of hydrogen-bond donors (Lipinski definition) is 3. The Bertz CT molecular complexity index is 1120. The van der Waals surface area contributed by atoms with E-state index in [1.807, 2.05) is 30.3 Å². The highest BCUT2D eigenvalue weighted by molar-refractivity contribution is 7.89. The molecular formula is C28H43N5O5S. The quantitative estimate of drug-likeness (QED) is 0.366. The normalized spacial score (nSPS) is 25.6. The molecule has 0 aromatic heterocycles. The van der Waals surface area contributed by atoms with E-state index in [4.69, 9.17) is 0 Å². The van der Waals surface area contributed by atoms with E-state index in [-0.39, 0.29) is 30.3 Å². The highest BCUT2D eigenvalue weighted by Crippen LogP contribution is 2.34. The average Bonchev–Trinajstić information content (AvgIpc) is 3.54. The fourth-order valence-corrected chi connectivity index (χ4v) is 8.11. The minimum absolute atomic E-state index is 0.0742. The van der Waals surface area contributed by atoms with Crippen molar-refractivity contribution in [1.29, 1.82) is 0 Å². The number of carbonyl (C=O) groups excluding carboxylic acids is 3. The summed E-state index contributed by atoms with van der Waals surface area (Å²) in [7, 11) is -0.597. The molecule has 3 N–H and O–H groups in total. The Morgan fingerprint density at radius 1 is 1.10 bits per heavy atom. The highest BCUT2D eigenvalue weighted by atomic mass is 32.2. The SMILES string of the molecule is CNC(C)C(=O)NC(C(=O)CS(=O)(=O)N1CCC2NCC(C(=O)N(C)Cc3ccccc3)C21)C1CCCCC1. The maximum Gasteiger partial charge on any atom is 0.237 e. The predicted octanol–water partition coefficient (Wildman–Crippen LogP) is 0.879. The number of fused-ring (bicyclic) bond motifs is 1. The summed E-state index contributed by atoms with van der Waals surface area (Å²) in [6.07, 6.45) is 5.16. The lowest BCUT2D eigenvalue weighted by atomic mass is 9.82. The van der Waals surface area contributed by atoms with Crippen molar-refractivity contribution in [2.24, 2.45) is 11.8 Å². The second kappa shape index (κ2) is 12.9. The van der Waals surface area contributed by atoms with E-state index in [0.717, 1.165) is 37.7 Å². The zero-order chi connectivity index (χ0) is 28.2. The average molecular weight is 562 g/mol. The fraction of sp³-hybridized carbons (Fsp3) is 0.679. The summed E-state index contributed by atoms with van der Waals surface area (Å²) in [5.41, 5.74) is 1.00. The molecule has 5 atom stereocenters. The third-order valence-corrected chi connectivity index (χ3v) is 10.4. The number of ketones is 1. The van der Waals surface area contributed by atoms with E-state index in [1.165, 1.54) is 4.31 Å². The first-order valence-corrected chi connectivity index (χ1v) is 15.8. The van der Waals surface area contributed by atoms with E-state index in [2.05, 4.69) is 16.0 Å². The smallest absolute Gasteiger partial charge is 0.237 e. The largest absolute Gasteiger partial charge is 0.345 e.